The van der Waals surface area contributed by atoms with E-state index in [1.165, 1.54) is 26.8 Å². The van der Waals surface area contributed by atoms with E-state index < -0.39 is 0 Å². The predicted molar refractivity (Wildman–Crippen MR) is 88.5 cm³/mol. The lowest BCUT2D eigenvalue weighted by Gasteiger charge is -2.20. The van der Waals surface area contributed by atoms with Gasteiger partial charge in [-0.25, -0.2) is 0 Å². The maximum Gasteiger partial charge on any atom is 0.0429 e. The number of rotatable bonds is 2. The number of thioether (sulfide) groups is 1. The summed E-state index contributed by atoms with van der Waals surface area (Å²) < 4.78 is 0. The van der Waals surface area contributed by atoms with Crippen molar-refractivity contribution < 1.29 is 0 Å². The Balaban J connectivity index is 1.71. The molecule has 104 valence electrons. The largest absolute Gasteiger partial charge is 0.323 e. The van der Waals surface area contributed by atoms with Crippen LogP contribution in [-0.2, 0) is 6.42 Å². The van der Waals surface area contributed by atoms with Crippen molar-refractivity contribution in [3.8, 4) is 0 Å². The summed E-state index contributed by atoms with van der Waals surface area (Å²) in [5.41, 5.74) is 9.21. The average molecular weight is 292 g/mol. The van der Waals surface area contributed by atoms with E-state index in [-0.39, 0.29) is 6.04 Å². The molecular formula is C18H16N2S. The van der Waals surface area contributed by atoms with E-state index in [9.17, 15) is 0 Å². The Morgan fingerprint density at radius 1 is 1.10 bits per heavy atom. The van der Waals surface area contributed by atoms with Crippen molar-refractivity contribution in [1.29, 1.82) is 0 Å². The molecular weight excluding hydrogens is 276 g/mol. The standard InChI is InChI=1S/C18H16N2S/c19-18(17-10-13-4-1-2-7-16(13)21-17)14-6-3-5-12-8-9-20-11-15(12)14/h1-9,11,17-18H,10,19H2. The molecule has 0 saturated carbocycles. The first kappa shape index (κ1) is 12.9. The van der Waals surface area contributed by atoms with E-state index in [4.69, 9.17) is 5.73 Å². The Hall–Kier alpha value is -1.84. The minimum absolute atomic E-state index is 0.0234. The Bertz CT molecular complexity index is 770. The number of pyridine rings is 1. The van der Waals surface area contributed by atoms with Crippen molar-refractivity contribution in [2.24, 2.45) is 5.73 Å². The molecule has 2 atom stereocenters. The van der Waals surface area contributed by atoms with E-state index in [1.54, 1.807) is 0 Å². The third-order valence-corrected chi connectivity index (χ3v) is 5.56. The molecule has 0 amide bonds. The van der Waals surface area contributed by atoms with Gasteiger partial charge in [0.25, 0.3) is 0 Å². The number of fused-ring (bicyclic) bond motifs is 2. The fourth-order valence-electron chi connectivity index (χ4n) is 3.04. The number of hydrogen-bond acceptors (Lipinski definition) is 3. The van der Waals surface area contributed by atoms with Gasteiger partial charge in [-0.05, 0) is 35.1 Å². The Morgan fingerprint density at radius 3 is 2.90 bits per heavy atom. The lowest BCUT2D eigenvalue weighted by Crippen LogP contribution is -2.23. The fraction of sp³-hybridized carbons (Fsp3) is 0.167. The summed E-state index contributed by atoms with van der Waals surface area (Å²) in [6.07, 6.45) is 4.80. The average Bonchev–Trinajstić information content (AvgIpc) is 2.97. The minimum atomic E-state index is 0.0234. The van der Waals surface area contributed by atoms with E-state index in [0.29, 0.717) is 5.25 Å². The van der Waals surface area contributed by atoms with Gasteiger partial charge in [0.15, 0.2) is 0 Å². The smallest absolute Gasteiger partial charge is 0.0429 e. The highest BCUT2D eigenvalue weighted by molar-refractivity contribution is 8.00. The molecule has 3 heteroatoms. The third kappa shape index (κ3) is 2.23. The summed E-state index contributed by atoms with van der Waals surface area (Å²) in [6.45, 7) is 0. The zero-order valence-corrected chi connectivity index (χ0v) is 12.4. The SMILES string of the molecule is NC(c1cccc2ccncc12)C1Cc2ccccc2S1. The zero-order valence-electron chi connectivity index (χ0n) is 11.6. The van der Waals surface area contributed by atoms with Crippen LogP contribution in [0.15, 0.2) is 65.8 Å². The molecule has 0 saturated heterocycles. The molecule has 2 unspecified atom stereocenters. The molecule has 1 aromatic heterocycles. The van der Waals surface area contributed by atoms with Crippen LogP contribution in [0.5, 0.6) is 0 Å². The van der Waals surface area contributed by atoms with Crippen LogP contribution in [0.25, 0.3) is 10.8 Å². The molecule has 3 aromatic rings. The summed E-state index contributed by atoms with van der Waals surface area (Å²) in [5, 5.41) is 2.77. The molecule has 2 nitrogen and oxygen atoms in total. The van der Waals surface area contributed by atoms with Crippen LogP contribution in [0, 0.1) is 0 Å². The highest BCUT2D eigenvalue weighted by Crippen LogP contribution is 2.42. The van der Waals surface area contributed by atoms with Crippen molar-refractivity contribution in [3.63, 3.8) is 0 Å². The maximum absolute atomic E-state index is 6.60. The van der Waals surface area contributed by atoms with Gasteiger partial charge in [0.1, 0.15) is 0 Å². The van der Waals surface area contributed by atoms with Crippen LogP contribution in [0.1, 0.15) is 17.2 Å². The van der Waals surface area contributed by atoms with Crippen LogP contribution in [0.2, 0.25) is 0 Å². The monoisotopic (exact) mass is 292 g/mol. The molecule has 0 bridgehead atoms. The molecule has 0 aliphatic carbocycles. The molecule has 2 heterocycles. The van der Waals surface area contributed by atoms with Crippen molar-refractivity contribution in [2.75, 3.05) is 0 Å². The van der Waals surface area contributed by atoms with Gasteiger partial charge in [-0.3, -0.25) is 4.98 Å². The summed E-state index contributed by atoms with van der Waals surface area (Å²) in [6, 6.07) is 17.0. The third-order valence-electron chi connectivity index (χ3n) is 4.15. The lowest BCUT2D eigenvalue weighted by atomic mass is 9.96. The Morgan fingerprint density at radius 2 is 2.00 bits per heavy atom. The van der Waals surface area contributed by atoms with Crippen LogP contribution in [0.4, 0.5) is 0 Å². The quantitative estimate of drug-likeness (QED) is 0.777. The maximum atomic E-state index is 6.60. The first-order valence-corrected chi connectivity index (χ1v) is 8.04. The van der Waals surface area contributed by atoms with Gasteiger partial charge in [-0.1, -0.05) is 36.4 Å². The van der Waals surface area contributed by atoms with E-state index >= 15 is 0 Å². The van der Waals surface area contributed by atoms with Crippen molar-refractivity contribution in [3.05, 3.63) is 72.1 Å². The highest BCUT2D eigenvalue weighted by atomic mass is 32.2. The molecule has 0 spiro atoms. The van der Waals surface area contributed by atoms with Gasteiger partial charge >= 0.3 is 0 Å². The van der Waals surface area contributed by atoms with E-state index in [2.05, 4.69) is 47.4 Å². The second-order valence-electron chi connectivity index (χ2n) is 5.44. The summed E-state index contributed by atoms with van der Waals surface area (Å²) >= 11 is 1.90. The number of nitrogens with two attached hydrogens (primary N) is 1. The molecule has 2 N–H and O–H groups in total. The van der Waals surface area contributed by atoms with Crippen molar-refractivity contribution >= 4 is 22.5 Å². The highest BCUT2D eigenvalue weighted by Gasteiger charge is 2.28. The van der Waals surface area contributed by atoms with Crippen LogP contribution in [-0.4, -0.2) is 10.2 Å². The van der Waals surface area contributed by atoms with Crippen molar-refractivity contribution in [1.82, 2.24) is 4.98 Å². The lowest BCUT2D eigenvalue weighted by molar-refractivity contribution is 0.682. The normalized spacial score (nSPS) is 18.6. The van der Waals surface area contributed by atoms with Gasteiger partial charge in [0.05, 0.1) is 0 Å². The first-order valence-electron chi connectivity index (χ1n) is 7.16. The fourth-order valence-corrected chi connectivity index (χ4v) is 4.38. The predicted octanol–water partition coefficient (Wildman–Crippen LogP) is 3.95. The second kappa shape index (κ2) is 5.17. The Kier molecular flexibility index (Phi) is 3.17. The number of aromatic nitrogens is 1. The van der Waals surface area contributed by atoms with Gasteiger partial charge in [-0.15, -0.1) is 11.8 Å². The number of nitrogens with zero attached hydrogens (tertiary/aromatic N) is 1. The van der Waals surface area contributed by atoms with Gasteiger partial charge < -0.3 is 5.73 Å². The number of hydrogen-bond donors (Lipinski definition) is 1. The first-order chi connectivity index (χ1) is 10.3. The minimum Gasteiger partial charge on any atom is -0.323 e. The number of benzene rings is 2. The molecule has 1 aliphatic heterocycles. The van der Waals surface area contributed by atoms with E-state index in [0.717, 1.165) is 6.42 Å². The van der Waals surface area contributed by atoms with Crippen molar-refractivity contribution in [2.45, 2.75) is 22.6 Å². The van der Waals surface area contributed by atoms with E-state index in [1.807, 2.05) is 30.2 Å². The zero-order chi connectivity index (χ0) is 14.2. The van der Waals surface area contributed by atoms with Crippen LogP contribution >= 0.6 is 11.8 Å². The second-order valence-corrected chi connectivity index (χ2v) is 6.72. The van der Waals surface area contributed by atoms with Crippen LogP contribution in [0.3, 0.4) is 0 Å². The van der Waals surface area contributed by atoms with Gasteiger partial charge in [-0.2, -0.15) is 0 Å². The van der Waals surface area contributed by atoms with Gasteiger partial charge in [0.2, 0.25) is 0 Å². The molecule has 0 fully saturated rings. The van der Waals surface area contributed by atoms with Gasteiger partial charge in [0, 0.05) is 34.0 Å². The molecule has 1 aliphatic rings. The summed E-state index contributed by atoms with van der Waals surface area (Å²) in [7, 11) is 0. The summed E-state index contributed by atoms with van der Waals surface area (Å²) in [4.78, 5) is 5.63. The summed E-state index contributed by atoms with van der Waals surface area (Å²) in [5.74, 6) is 0. The molecule has 4 rings (SSSR count). The Labute approximate surface area is 128 Å². The molecule has 21 heavy (non-hydrogen) atoms. The van der Waals surface area contributed by atoms with Crippen LogP contribution < -0.4 is 5.73 Å². The molecule has 0 radical (unpaired) electrons. The topological polar surface area (TPSA) is 38.9 Å². The molecule has 2 aromatic carbocycles.